The zero-order valence-corrected chi connectivity index (χ0v) is 9.93. The molecule has 0 aliphatic heterocycles. The molecule has 0 bridgehead atoms. The van der Waals surface area contributed by atoms with Gasteiger partial charge in [-0.15, -0.1) is 0 Å². The second kappa shape index (κ2) is 4.00. The van der Waals surface area contributed by atoms with E-state index in [-0.39, 0.29) is 6.61 Å². The molecular weight excluding hydrogens is 212 g/mol. The average Bonchev–Trinajstić information content (AvgIpc) is 3.10. The molecule has 17 heavy (non-hydrogen) atoms. The summed E-state index contributed by atoms with van der Waals surface area (Å²) in [6, 6.07) is 8.34. The van der Waals surface area contributed by atoms with E-state index in [4.69, 9.17) is 0 Å². The fourth-order valence-corrected chi connectivity index (χ4v) is 2.20. The standard InChI is InChI=1S/C14H16N2O/c1-10-2-6-13(7-3-10)16-14(11-4-5-11)12(9-17)8-15-16/h2-3,6-8,11,17H,4-5,9H2,1H3. The molecule has 0 amide bonds. The van der Waals surface area contributed by atoms with Gasteiger partial charge in [-0.1, -0.05) is 17.7 Å². The number of aryl methyl sites for hydroxylation is 1. The summed E-state index contributed by atoms with van der Waals surface area (Å²) >= 11 is 0. The van der Waals surface area contributed by atoms with Crippen LogP contribution in [0.1, 0.15) is 35.6 Å². The topological polar surface area (TPSA) is 38.0 Å². The first-order valence-corrected chi connectivity index (χ1v) is 6.04. The molecule has 1 heterocycles. The minimum Gasteiger partial charge on any atom is -0.392 e. The molecule has 3 rings (SSSR count). The van der Waals surface area contributed by atoms with E-state index in [1.807, 2.05) is 4.68 Å². The van der Waals surface area contributed by atoms with E-state index >= 15 is 0 Å². The van der Waals surface area contributed by atoms with Crippen LogP contribution in [0.25, 0.3) is 5.69 Å². The number of nitrogens with zero attached hydrogens (tertiary/aromatic N) is 2. The number of aliphatic hydroxyl groups excluding tert-OH is 1. The van der Waals surface area contributed by atoms with Crippen molar-refractivity contribution in [2.75, 3.05) is 0 Å². The number of aromatic nitrogens is 2. The Morgan fingerprint density at radius 3 is 2.59 bits per heavy atom. The molecule has 3 heteroatoms. The number of hydrogen-bond donors (Lipinski definition) is 1. The molecule has 88 valence electrons. The zero-order valence-electron chi connectivity index (χ0n) is 9.93. The van der Waals surface area contributed by atoms with Crippen LogP contribution in [-0.2, 0) is 6.61 Å². The van der Waals surface area contributed by atoms with Crippen LogP contribution in [-0.4, -0.2) is 14.9 Å². The lowest BCUT2D eigenvalue weighted by molar-refractivity contribution is 0.280. The molecule has 0 atom stereocenters. The van der Waals surface area contributed by atoms with Crippen LogP contribution in [0.5, 0.6) is 0 Å². The Morgan fingerprint density at radius 2 is 2.00 bits per heavy atom. The van der Waals surface area contributed by atoms with E-state index in [1.54, 1.807) is 6.20 Å². The molecule has 1 fully saturated rings. The van der Waals surface area contributed by atoms with Crippen LogP contribution in [0.2, 0.25) is 0 Å². The fraction of sp³-hybridized carbons (Fsp3) is 0.357. The van der Waals surface area contributed by atoms with E-state index in [2.05, 4.69) is 36.3 Å². The van der Waals surface area contributed by atoms with Crippen molar-refractivity contribution in [2.24, 2.45) is 0 Å². The molecule has 3 nitrogen and oxygen atoms in total. The summed E-state index contributed by atoms with van der Waals surface area (Å²) in [5, 5.41) is 13.8. The lowest BCUT2D eigenvalue weighted by Crippen LogP contribution is -2.02. The second-order valence-corrected chi connectivity index (χ2v) is 4.73. The summed E-state index contributed by atoms with van der Waals surface area (Å²) in [4.78, 5) is 0. The van der Waals surface area contributed by atoms with Crippen molar-refractivity contribution < 1.29 is 5.11 Å². The Bertz CT molecular complexity index is 524. The van der Waals surface area contributed by atoms with Gasteiger partial charge in [0.15, 0.2) is 0 Å². The van der Waals surface area contributed by atoms with Crippen molar-refractivity contribution in [1.29, 1.82) is 0 Å². The minimum atomic E-state index is 0.0810. The summed E-state index contributed by atoms with van der Waals surface area (Å²) in [7, 11) is 0. The van der Waals surface area contributed by atoms with Gasteiger partial charge in [0.05, 0.1) is 24.2 Å². The molecule has 1 aromatic heterocycles. The summed E-state index contributed by atoms with van der Waals surface area (Å²) < 4.78 is 1.97. The van der Waals surface area contributed by atoms with Gasteiger partial charge >= 0.3 is 0 Å². The van der Waals surface area contributed by atoms with Crippen LogP contribution in [0.3, 0.4) is 0 Å². The molecule has 0 spiro atoms. The number of hydrogen-bond acceptors (Lipinski definition) is 2. The van der Waals surface area contributed by atoms with Crippen LogP contribution < -0.4 is 0 Å². The van der Waals surface area contributed by atoms with Gasteiger partial charge < -0.3 is 5.11 Å². The Balaban J connectivity index is 2.07. The van der Waals surface area contributed by atoms with Crippen LogP contribution >= 0.6 is 0 Å². The number of aliphatic hydroxyl groups is 1. The molecule has 1 aliphatic rings. The maximum Gasteiger partial charge on any atom is 0.0715 e. The lowest BCUT2D eigenvalue weighted by Gasteiger charge is -2.08. The first kappa shape index (κ1) is 10.5. The molecule has 1 saturated carbocycles. The molecule has 0 radical (unpaired) electrons. The normalized spacial score (nSPS) is 15.2. The van der Waals surface area contributed by atoms with Gasteiger partial charge in [0.1, 0.15) is 0 Å². The van der Waals surface area contributed by atoms with Gasteiger partial charge in [-0.2, -0.15) is 5.10 Å². The largest absolute Gasteiger partial charge is 0.392 e. The van der Waals surface area contributed by atoms with Crippen LogP contribution in [0.15, 0.2) is 30.5 Å². The van der Waals surface area contributed by atoms with E-state index in [9.17, 15) is 5.11 Å². The van der Waals surface area contributed by atoms with E-state index in [1.165, 1.54) is 24.1 Å². The van der Waals surface area contributed by atoms with Crippen molar-refractivity contribution in [3.05, 3.63) is 47.3 Å². The number of rotatable bonds is 3. The first-order valence-electron chi connectivity index (χ1n) is 6.04. The predicted molar refractivity (Wildman–Crippen MR) is 66.2 cm³/mol. The smallest absolute Gasteiger partial charge is 0.0715 e. The first-order chi connectivity index (χ1) is 8.29. The molecule has 0 saturated heterocycles. The third-order valence-electron chi connectivity index (χ3n) is 3.30. The van der Waals surface area contributed by atoms with Crippen molar-refractivity contribution in [2.45, 2.75) is 32.3 Å². The Hall–Kier alpha value is -1.61. The summed E-state index contributed by atoms with van der Waals surface area (Å²) in [5.41, 5.74) is 4.48. The van der Waals surface area contributed by atoms with Gasteiger partial charge in [-0.05, 0) is 31.9 Å². The maximum atomic E-state index is 9.35. The molecule has 1 aromatic carbocycles. The highest BCUT2D eigenvalue weighted by molar-refractivity contribution is 5.39. The van der Waals surface area contributed by atoms with Gasteiger partial charge in [-0.25, -0.2) is 4.68 Å². The quantitative estimate of drug-likeness (QED) is 0.876. The van der Waals surface area contributed by atoms with E-state index in [0.717, 1.165) is 11.3 Å². The highest BCUT2D eigenvalue weighted by Gasteiger charge is 2.30. The predicted octanol–water partition coefficient (Wildman–Crippen LogP) is 2.55. The second-order valence-electron chi connectivity index (χ2n) is 4.73. The number of benzene rings is 1. The van der Waals surface area contributed by atoms with Gasteiger partial charge in [0, 0.05) is 11.5 Å². The van der Waals surface area contributed by atoms with E-state index in [0.29, 0.717) is 5.92 Å². The molecule has 1 N–H and O–H groups in total. The monoisotopic (exact) mass is 228 g/mol. The highest BCUT2D eigenvalue weighted by Crippen LogP contribution is 2.42. The van der Waals surface area contributed by atoms with Crippen molar-refractivity contribution in [3.8, 4) is 5.69 Å². The van der Waals surface area contributed by atoms with Crippen molar-refractivity contribution in [1.82, 2.24) is 9.78 Å². The van der Waals surface area contributed by atoms with Crippen molar-refractivity contribution in [3.63, 3.8) is 0 Å². The maximum absolute atomic E-state index is 9.35. The Kier molecular flexibility index (Phi) is 2.48. The van der Waals surface area contributed by atoms with Crippen LogP contribution in [0, 0.1) is 6.92 Å². The van der Waals surface area contributed by atoms with Crippen LogP contribution in [0.4, 0.5) is 0 Å². The minimum absolute atomic E-state index is 0.0810. The Labute approximate surface area is 101 Å². The third-order valence-corrected chi connectivity index (χ3v) is 3.30. The lowest BCUT2D eigenvalue weighted by atomic mass is 10.1. The van der Waals surface area contributed by atoms with E-state index < -0.39 is 0 Å². The summed E-state index contributed by atoms with van der Waals surface area (Å²) in [6.45, 7) is 2.16. The molecular formula is C14H16N2O. The Morgan fingerprint density at radius 1 is 1.29 bits per heavy atom. The molecule has 0 unspecified atom stereocenters. The highest BCUT2D eigenvalue weighted by atomic mass is 16.3. The molecule has 1 aliphatic carbocycles. The third kappa shape index (κ3) is 1.87. The van der Waals surface area contributed by atoms with Gasteiger partial charge in [-0.3, -0.25) is 0 Å². The SMILES string of the molecule is Cc1ccc(-n2ncc(CO)c2C2CC2)cc1. The average molecular weight is 228 g/mol. The summed E-state index contributed by atoms with van der Waals surface area (Å²) in [5.74, 6) is 0.584. The fourth-order valence-electron chi connectivity index (χ4n) is 2.20. The van der Waals surface area contributed by atoms with Gasteiger partial charge in [0.25, 0.3) is 0 Å². The molecule has 2 aromatic rings. The summed E-state index contributed by atoms with van der Waals surface area (Å²) in [6.07, 6.45) is 4.21. The zero-order chi connectivity index (χ0) is 11.8. The van der Waals surface area contributed by atoms with Gasteiger partial charge in [0.2, 0.25) is 0 Å². The van der Waals surface area contributed by atoms with Crippen molar-refractivity contribution >= 4 is 0 Å².